The summed E-state index contributed by atoms with van der Waals surface area (Å²) < 4.78 is 5.38. The number of carbonyl (C=O) groups is 3. The summed E-state index contributed by atoms with van der Waals surface area (Å²) in [6.45, 7) is 0. The molecule has 0 fully saturated rings. The number of imide groups is 1. The lowest BCUT2D eigenvalue weighted by Gasteiger charge is -2.24. The van der Waals surface area contributed by atoms with Gasteiger partial charge in [0.05, 0.1) is 22.8 Å². The number of fused-ring (bicyclic) bond motifs is 1. The number of amides is 2. The van der Waals surface area contributed by atoms with Gasteiger partial charge in [0.2, 0.25) is 0 Å². The summed E-state index contributed by atoms with van der Waals surface area (Å²) in [6, 6.07) is 13.6. The van der Waals surface area contributed by atoms with E-state index in [-0.39, 0.29) is 5.75 Å². The second-order valence-corrected chi connectivity index (χ2v) is 6.87. The predicted molar refractivity (Wildman–Crippen MR) is 101 cm³/mol. The first-order valence-corrected chi connectivity index (χ1v) is 9.64. The minimum atomic E-state index is -1.01. The van der Waals surface area contributed by atoms with Gasteiger partial charge in [-0.25, -0.2) is 4.79 Å². The molecule has 1 aliphatic rings. The van der Waals surface area contributed by atoms with E-state index >= 15 is 0 Å². The Morgan fingerprint density at radius 3 is 2.22 bits per heavy atom. The van der Waals surface area contributed by atoms with Crippen LogP contribution in [0.15, 0.2) is 48.5 Å². The smallest absolute Gasteiger partial charge is 0.334 e. The van der Waals surface area contributed by atoms with Crippen molar-refractivity contribution >= 4 is 29.5 Å². The number of benzene rings is 2. The van der Waals surface area contributed by atoms with Crippen molar-refractivity contribution in [1.82, 2.24) is 4.90 Å². The van der Waals surface area contributed by atoms with Gasteiger partial charge in [-0.1, -0.05) is 12.1 Å². The Morgan fingerprint density at radius 2 is 1.70 bits per heavy atom. The Bertz CT molecular complexity index is 899. The molecule has 0 saturated heterocycles. The molecule has 0 spiro atoms. The van der Waals surface area contributed by atoms with Gasteiger partial charge in [0.1, 0.15) is 11.8 Å². The molecule has 7 heteroatoms. The van der Waals surface area contributed by atoms with Crippen LogP contribution in [0.5, 0.6) is 5.75 Å². The molecule has 0 aliphatic carbocycles. The highest BCUT2D eigenvalue weighted by Gasteiger charge is 2.43. The van der Waals surface area contributed by atoms with E-state index in [9.17, 15) is 14.4 Å². The summed E-state index contributed by atoms with van der Waals surface area (Å²) in [6.07, 6.45) is 2.17. The lowest BCUT2D eigenvalue weighted by molar-refractivity contribution is -0.138. The molecule has 0 radical (unpaired) electrons. The molecule has 1 heterocycles. The molecule has 2 amide bonds. The summed E-state index contributed by atoms with van der Waals surface area (Å²) in [5.41, 5.74) is 1.03. The molecule has 6 nitrogen and oxygen atoms in total. The maximum atomic E-state index is 12.8. The molecule has 27 heavy (non-hydrogen) atoms. The third-order valence-corrected chi connectivity index (χ3v) is 4.85. The van der Waals surface area contributed by atoms with Gasteiger partial charge in [-0.05, 0) is 54.8 Å². The molecule has 3 rings (SSSR count). The van der Waals surface area contributed by atoms with Crippen LogP contribution in [0.3, 0.4) is 0 Å². The number of ether oxygens (including phenoxy) is 1. The van der Waals surface area contributed by atoms with E-state index in [2.05, 4.69) is 0 Å². The van der Waals surface area contributed by atoms with Crippen LogP contribution < -0.4 is 4.74 Å². The number of esters is 1. The van der Waals surface area contributed by atoms with E-state index in [0.717, 1.165) is 4.90 Å². The fourth-order valence-corrected chi connectivity index (χ4v) is 3.31. The molecule has 0 bridgehead atoms. The van der Waals surface area contributed by atoms with Crippen LogP contribution in [0.4, 0.5) is 0 Å². The molecule has 2 aromatic carbocycles. The van der Waals surface area contributed by atoms with E-state index in [0.29, 0.717) is 28.9 Å². The Morgan fingerprint density at radius 1 is 1.11 bits per heavy atom. The van der Waals surface area contributed by atoms with E-state index in [1.54, 1.807) is 24.3 Å². The first-order valence-electron chi connectivity index (χ1n) is 8.24. The number of thioether (sulfide) groups is 1. The number of carbonyl (C=O) groups excluding carboxylic acids is 3. The molecular formula is C20H16N2O4S. The third-order valence-electron chi connectivity index (χ3n) is 4.21. The topological polar surface area (TPSA) is 87.5 Å². The van der Waals surface area contributed by atoms with E-state index < -0.39 is 23.8 Å². The summed E-state index contributed by atoms with van der Waals surface area (Å²) >= 11 is 1.51. The Labute approximate surface area is 160 Å². The van der Waals surface area contributed by atoms with Crippen molar-refractivity contribution in [2.24, 2.45) is 0 Å². The van der Waals surface area contributed by atoms with Crippen LogP contribution in [-0.2, 0) is 4.79 Å². The third kappa shape index (κ3) is 3.71. The average Bonchev–Trinajstić information content (AvgIpc) is 2.94. The van der Waals surface area contributed by atoms with Gasteiger partial charge in [-0.2, -0.15) is 17.0 Å². The van der Waals surface area contributed by atoms with Gasteiger partial charge in [0.15, 0.2) is 0 Å². The van der Waals surface area contributed by atoms with Crippen molar-refractivity contribution in [3.05, 3.63) is 65.2 Å². The molecule has 136 valence electrons. The molecule has 1 atom stereocenters. The SMILES string of the molecule is CSCCC(C(=O)Oc1ccc(C#N)cc1)N1C(=O)c2ccccc2C1=O. The monoisotopic (exact) mass is 380 g/mol. The first-order chi connectivity index (χ1) is 13.1. The van der Waals surface area contributed by atoms with Crippen molar-refractivity contribution in [2.75, 3.05) is 12.0 Å². The van der Waals surface area contributed by atoms with E-state index in [1.165, 1.54) is 36.0 Å². The minimum absolute atomic E-state index is 0.254. The molecule has 2 aromatic rings. The largest absolute Gasteiger partial charge is 0.425 e. The predicted octanol–water partition coefficient (Wildman–Crippen LogP) is 2.88. The Balaban J connectivity index is 1.85. The minimum Gasteiger partial charge on any atom is -0.425 e. The van der Waals surface area contributed by atoms with Crippen molar-refractivity contribution in [3.8, 4) is 11.8 Å². The first kappa shape index (κ1) is 18.7. The lowest BCUT2D eigenvalue weighted by Crippen LogP contribution is -2.47. The van der Waals surface area contributed by atoms with Crippen LogP contribution in [0.25, 0.3) is 0 Å². The van der Waals surface area contributed by atoms with Gasteiger partial charge < -0.3 is 4.74 Å². The van der Waals surface area contributed by atoms with Gasteiger partial charge in [0, 0.05) is 0 Å². The number of nitriles is 1. The van der Waals surface area contributed by atoms with Crippen molar-refractivity contribution in [3.63, 3.8) is 0 Å². The summed E-state index contributed by atoms with van der Waals surface area (Å²) in [4.78, 5) is 39.2. The quantitative estimate of drug-likeness (QED) is 0.435. The van der Waals surface area contributed by atoms with Crippen molar-refractivity contribution in [2.45, 2.75) is 12.5 Å². The van der Waals surface area contributed by atoms with Gasteiger partial charge in [-0.3, -0.25) is 14.5 Å². The second kappa shape index (κ2) is 8.06. The van der Waals surface area contributed by atoms with E-state index in [4.69, 9.17) is 10.00 Å². The Kier molecular flexibility index (Phi) is 5.57. The molecule has 0 N–H and O–H groups in total. The highest BCUT2D eigenvalue weighted by atomic mass is 32.2. The number of hydrogen-bond donors (Lipinski definition) is 0. The van der Waals surface area contributed by atoms with Crippen molar-refractivity contribution in [1.29, 1.82) is 5.26 Å². The molecular weight excluding hydrogens is 364 g/mol. The zero-order valence-corrected chi connectivity index (χ0v) is 15.4. The summed E-state index contributed by atoms with van der Waals surface area (Å²) in [5.74, 6) is -0.814. The Hall–Kier alpha value is -3.11. The molecule has 0 aromatic heterocycles. The van der Waals surface area contributed by atoms with Crippen LogP contribution in [0.2, 0.25) is 0 Å². The molecule has 1 unspecified atom stereocenters. The fraction of sp³-hybridized carbons (Fsp3) is 0.200. The highest BCUT2D eigenvalue weighted by molar-refractivity contribution is 7.98. The number of rotatable bonds is 6. The van der Waals surface area contributed by atoms with Crippen LogP contribution >= 0.6 is 11.8 Å². The van der Waals surface area contributed by atoms with Crippen LogP contribution in [0, 0.1) is 11.3 Å². The zero-order chi connectivity index (χ0) is 19.4. The highest BCUT2D eigenvalue weighted by Crippen LogP contribution is 2.27. The normalized spacial score (nSPS) is 13.9. The van der Waals surface area contributed by atoms with E-state index in [1.807, 2.05) is 12.3 Å². The molecule has 1 aliphatic heterocycles. The summed E-state index contributed by atoms with van der Waals surface area (Å²) in [7, 11) is 0. The maximum Gasteiger partial charge on any atom is 0.334 e. The lowest BCUT2D eigenvalue weighted by atomic mass is 10.1. The molecule has 0 saturated carbocycles. The standard InChI is InChI=1S/C20H16N2O4S/c1-27-11-10-17(20(25)26-14-8-6-13(12-21)7-9-14)22-18(23)15-4-2-3-5-16(15)19(22)24/h2-9,17H,10-11H2,1H3. The number of nitrogens with zero attached hydrogens (tertiary/aromatic N) is 2. The van der Waals surface area contributed by atoms with Gasteiger partial charge >= 0.3 is 5.97 Å². The van der Waals surface area contributed by atoms with Crippen LogP contribution in [-0.4, -0.2) is 40.7 Å². The zero-order valence-electron chi connectivity index (χ0n) is 14.5. The van der Waals surface area contributed by atoms with Crippen molar-refractivity contribution < 1.29 is 19.1 Å². The van der Waals surface area contributed by atoms with Crippen LogP contribution in [0.1, 0.15) is 32.7 Å². The van der Waals surface area contributed by atoms with Gasteiger partial charge in [0.25, 0.3) is 11.8 Å². The summed E-state index contributed by atoms with van der Waals surface area (Å²) in [5, 5.41) is 8.84. The average molecular weight is 380 g/mol. The van der Waals surface area contributed by atoms with Gasteiger partial charge in [-0.15, -0.1) is 0 Å². The fourth-order valence-electron chi connectivity index (χ4n) is 2.85. The maximum absolute atomic E-state index is 12.8. The number of hydrogen-bond acceptors (Lipinski definition) is 6. The second-order valence-electron chi connectivity index (χ2n) is 5.88.